The molecule has 112 valence electrons. The van der Waals surface area contributed by atoms with Crippen LogP contribution in [0.25, 0.3) is 0 Å². The molecule has 0 heterocycles. The molecular formula is C15H13Cl2F2NO. The average Bonchev–Trinajstić information content (AvgIpc) is 2.42. The number of benzene rings is 2. The predicted octanol–water partition coefficient (Wildman–Crippen LogP) is 4.50. The van der Waals surface area contributed by atoms with Crippen LogP contribution in [0.2, 0.25) is 10.0 Å². The normalized spacial score (nSPS) is 13.9. The van der Waals surface area contributed by atoms with E-state index >= 15 is 0 Å². The fraction of sp³-hybridized carbons (Fsp3) is 0.200. The summed E-state index contributed by atoms with van der Waals surface area (Å²) >= 11 is 11.8. The fourth-order valence-electron chi connectivity index (χ4n) is 2.07. The number of halogens is 4. The molecule has 0 amide bonds. The van der Waals surface area contributed by atoms with Crippen molar-refractivity contribution in [1.82, 2.24) is 0 Å². The molecule has 2 rings (SSSR count). The van der Waals surface area contributed by atoms with Crippen LogP contribution in [-0.2, 0) is 5.54 Å². The molecule has 0 aliphatic heterocycles. The maximum Gasteiger partial charge on any atom is 0.165 e. The smallest absolute Gasteiger partial charge is 0.165 e. The van der Waals surface area contributed by atoms with Gasteiger partial charge in [-0.05, 0) is 42.3 Å². The molecule has 2 aromatic rings. The molecule has 1 atom stereocenters. The second-order valence-electron chi connectivity index (χ2n) is 4.80. The molecule has 0 saturated carbocycles. The second kappa shape index (κ2) is 5.79. The van der Waals surface area contributed by atoms with Crippen molar-refractivity contribution in [3.63, 3.8) is 0 Å². The van der Waals surface area contributed by atoms with E-state index in [9.17, 15) is 8.78 Å². The second-order valence-corrected chi connectivity index (χ2v) is 5.61. The number of methoxy groups -OCH3 is 1. The van der Waals surface area contributed by atoms with Crippen LogP contribution in [0, 0.1) is 11.6 Å². The molecule has 0 spiro atoms. The van der Waals surface area contributed by atoms with E-state index in [-0.39, 0.29) is 15.8 Å². The first-order valence-electron chi connectivity index (χ1n) is 6.05. The average molecular weight is 332 g/mol. The van der Waals surface area contributed by atoms with Gasteiger partial charge in [0.15, 0.2) is 11.6 Å². The zero-order valence-corrected chi connectivity index (χ0v) is 12.9. The largest absolute Gasteiger partial charge is 0.494 e. The Kier molecular flexibility index (Phi) is 4.42. The Morgan fingerprint density at radius 3 is 2.29 bits per heavy atom. The third-order valence-electron chi connectivity index (χ3n) is 3.32. The van der Waals surface area contributed by atoms with Crippen LogP contribution >= 0.6 is 23.2 Å². The summed E-state index contributed by atoms with van der Waals surface area (Å²) in [5.41, 5.74) is 5.80. The van der Waals surface area contributed by atoms with Crippen LogP contribution < -0.4 is 10.5 Å². The lowest BCUT2D eigenvalue weighted by Gasteiger charge is -2.27. The van der Waals surface area contributed by atoms with Gasteiger partial charge in [-0.15, -0.1) is 0 Å². The summed E-state index contributed by atoms with van der Waals surface area (Å²) in [5.74, 6) is -1.10. The van der Waals surface area contributed by atoms with Crippen LogP contribution in [0.5, 0.6) is 5.75 Å². The van der Waals surface area contributed by atoms with Gasteiger partial charge in [0.25, 0.3) is 0 Å². The summed E-state index contributed by atoms with van der Waals surface area (Å²) < 4.78 is 32.4. The molecule has 2 aromatic carbocycles. The van der Waals surface area contributed by atoms with Crippen LogP contribution in [0.4, 0.5) is 8.78 Å². The van der Waals surface area contributed by atoms with Crippen molar-refractivity contribution in [2.24, 2.45) is 5.73 Å². The molecule has 21 heavy (non-hydrogen) atoms. The van der Waals surface area contributed by atoms with Gasteiger partial charge in [-0.2, -0.15) is 0 Å². The van der Waals surface area contributed by atoms with E-state index in [0.29, 0.717) is 11.1 Å². The number of hydrogen-bond donors (Lipinski definition) is 1. The highest BCUT2D eigenvalue weighted by atomic mass is 35.5. The fourth-order valence-corrected chi connectivity index (χ4v) is 2.64. The minimum absolute atomic E-state index is 0.0968. The van der Waals surface area contributed by atoms with Gasteiger partial charge < -0.3 is 10.5 Å². The Bertz CT molecular complexity index is 690. The number of rotatable bonds is 3. The lowest BCUT2D eigenvalue weighted by molar-refractivity contribution is 0.385. The van der Waals surface area contributed by atoms with E-state index in [1.54, 1.807) is 13.0 Å². The maximum atomic E-state index is 13.8. The molecule has 1 unspecified atom stereocenters. The first kappa shape index (κ1) is 16.0. The lowest BCUT2D eigenvalue weighted by Crippen LogP contribution is -2.35. The Labute approximate surface area is 131 Å². The number of ether oxygens (including phenoxy) is 1. The Morgan fingerprint density at radius 1 is 1.05 bits per heavy atom. The van der Waals surface area contributed by atoms with Gasteiger partial charge in [-0.1, -0.05) is 29.3 Å². The van der Waals surface area contributed by atoms with Gasteiger partial charge in [0, 0.05) is 5.02 Å². The standard InChI is InChI=1S/C15H13Cl2F2NO/c1-15(20,8-3-4-14(21-2)13(19)5-8)9-6-12(18)11(17)7-10(9)16/h3-7H,20H2,1-2H3. The maximum absolute atomic E-state index is 13.8. The summed E-state index contributed by atoms with van der Waals surface area (Å²) in [5, 5.41) is 0.114. The molecule has 0 fully saturated rings. The van der Waals surface area contributed by atoms with Gasteiger partial charge in [-0.25, -0.2) is 8.78 Å². The van der Waals surface area contributed by atoms with Crippen molar-refractivity contribution in [2.45, 2.75) is 12.5 Å². The summed E-state index contributed by atoms with van der Waals surface area (Å²) in [6.07, 6.45) is 0. The van der Waals surface area contributed by atoms with E-state index in [0.717, 1.165) is 6.07 Å². The SMILES string of the molecule is COc1ccc(C(C)(N)c2cc(F)c(Cl)cc2Cl)cc1F. The Morgan fingerprint density at radius 2 is 1.71 bits per heavy atom. The molecule has 0 radical (unpaired) electrons. The van der Waals surface area contributed by atoms with Gasteiger partial charge in [0.1, 0.15) is 5.82 Å². The molecule has 6 heteroatoms. The first-order chi connectivity index (χ1) is 9.77. The van der Waals surface area contributed by atoms with E-state index in [2.05, 4.69) is 0 Å². The molecule has 2 N–H and O–H groups in total. The third-order valence-corrected chi connectivity index (χ3v) is 3.92. The Balaban J connectivity index is 2.56. The van der Waals surface area contributed by atoms with Crippen LogP contribution in [0.3, 0.4) is 0 Å². The minimum atomic E-state index is -1.18. The molecule has 2 nitrogen and oxygen atoms in total. The zero-order chi connectivity index (χ0) is 15.8. The number of nitrogens with two attached hydrogens (primary N) is 1. The minimum Gasteiger partial charge on any atom is -0.494 e. The van der Waals surface area contributed by atoms with Gasteiger partial charge in [-0.3, -0.25) is 0 Å². The number of hydrogen-bond acceptors (Lipinski definition) is 2. The van der Waals surface area contributed by atoms with Crippen molar-refractivity contribution < 1.29 is 13.5 Å². The van der Waals surface area contributed by atoms with Crippen molar-refractivity contribution in [3.05, 3.63) is 63.1 Å². The monoisotopic (exact) mass is 331 g/mol. The lowest BCUT2D eigenvalue weighted by atomic mass is 9.85. The van der Waals surface area contributed by atoms with Crippen LogP contribution in [0.1, 0.15) is 18.1 Å². The van der Waals surface area contributed by atoms with Crippen LogP contribution in [0.15, 0.2) is 30.3 Å². The summed E-state index contributed by atoms with van der Waals surface area (Å²) in [6.45, 7) is 1.61. The first-order valence-corrected chi connectivity index (χ1v) is 6.81. The summed E-state index contributed by atoms with van der Waals surface area (Å²) in [4.78, 5) is 0. The Hall–Kier alpha value is -1.36. The molecule has 0 bridgehead atoms. The van der Waals surface area contributed by atoms with E-state index in [1.165, 1.54) is 25.3 Å². The van der Waals surface area contributed by atoms with Gasteiger partial charge in [0.2, 0.25) is 0 Å². The van der Waals surface area contributed by atoms with Crippen LogP contribution in [-0.4, -0.2) is 7.11 Å². The topological polar surface area (TPSA) is 35.2 Å². The van der Waals surface area contributed by atoms with E-state index < -0.39 is 17.2 Å². The highest BCUT2D eigenvalue weighted by molar-refractivity contribution is 6.35. The zero-order valence-electron chi connectivity index (χ0n) is 11.4. The van der Waals surface area contributed by atoms with Gasteiger partial charge in [0.05, 0.1) is 17.7 Å². The van der Waals surface area contributed by atoms with Crippen molar-refractivity contribution >= 4 is 23.2 Å². The molecular weight excluding hydrogens is 319 g/mol. The van der Waals surface area contributed by atoms with Crippen molar-refractivity contribution in [3.8, 4) is 5.75 Å². The summed E-state index contributed by atoms with van der Waals surface area (Å²) in [7, 11) is 1.37. The van der Waals surface area contributed by atoms with Crippen molar-refractivity contribution in [2.75, 3.05) is 7.11 Å². The quantitative estimate of drug-likeness (QED) is 0.840. The molecule has 0 aliphatic rings. The summed E-state index contributed by atoms with van der Waals surface area (Å²) in [6, 6.07) is 6.73. The molecule has 0 aliphatic carbocycles. The third kappa shape index (κ3) is 2.98. The van der Waals surface area contributed by atoms with E-state index in [4.69, 9.17) is 33.7 Å². The molecule has 0 aromatic heterocycles. The van der Waals surface area contributed by atoms with E-state index in [1.807, 2.05) is 0 Å². The predicted molar refractivity (Wildman–Crippen MR) is 80.0 cm³/mol. The molecule has 0 saturated heterocycles. The van der Waals surface area contributed by atoms with Gasteiger partial charge >= 0.3 is 0 Å². The highest BCUT2D eigenvalue weighted by Gasteiger charge is 2.28. The van der Waals surface area contributed by atoms with Crippen molar-refractivity contribution in [1.29, 1.82) is 0 Å². The highest BCUT2D eigenvalue weighted by Crippen LogP contribution is 2.36.